The summed E-state index contributed by atoms with van der Waals surface area (Å²) < 4.78 is 18.9. The zero-order valence-corrected chi connectivity index (χ0v) is 11.6. The second-order valence-corrected chi connectivity index (χ2v) is 5.61. The highest BCUT2D eigenvalue weighted by atomic mass is 32.2. The Kier molecular flexibility index (Phi) is 5.03. The molecular weight excluding hydrogens is 249 g/mol. The first kappa shape index (κ1) is 13.8. The second-order valence-electron chi connectivity index (χ2n) is 4.62. The monoisotopic (exact) mass is 269 g/mol. The van der Waals surface area contributed by atoms with Crippen LogP contribution in [-0.2, 0) is 10.3 Å². The standard InChI is InChI=1S/C14H20FNOS/c1-18-10-7-16-14(5-8-17-9-6-14)12-3-2-4-13(15)11-12/h2-4,11,16H,5-10H2,1H3. The lowest BCUT2D eigenvalue weighted by Crippen LogP contribution is -2.47. The van der Waals surface area contributed by atoms with Gasteiger partial charge in [-0.3, -0.25) is 0 Å². The van der Waals surface area contributed by atoms with Gasteiger partial charge in [0, 0.05) is 31.1 Å². The Morgan fingerprint density at radius 1 is 1.39 bits per heavy atom. The number of hydrogen-bond acceptors (Lipinski definition) is 3. The molecule has 1 N–H and O–H groups in total. The normalized spacial score (nSPS) is 18.8. The van der Waals surface area contributed by atoms with Crippen molar-refractivity contribution in [2.24, 2.45) is 0 Å². The van der Waals surface area contributed by atoms with Crippen LogP contribution in [0.1, 0.15) is 18.4 Å². The summed E-state index contributed by atoms with van der Waals surface area (Å²) in [5.74, 6) is 0.905. The van der Waals surface area contributed by atoms with Crippen molar-refractivity contribution in [2.75, 3.05) is 31.8 Å². The van der Waals surface area contributed by atoms with Crippen LogP contribution < -0.4 is 5.32 Å². The maximum absolute atomic E-state index is 13.4. The van der Waals surface area contributed by atoms with E-state index in [-0.39, 0.29) is 11.4 Å². The van der Waals surface area contributed by atoms with E-state index in [0.29, 0.717) is 0 Å². The summed E-state index contributed by atoms with van der Waals surface area (Å²) in [5.41, 5.74) is 0.933. The number of ether oxygens (including phenoxy) is 1. The second kappa shape index (κ2) is 6.55. The van der Waals surface area contributed by atoms with Crippen molar-refractivity contribution in [3.8, 4) is 0 Å². The van der Waals surface area contributed by atoms with Crippen LogP contribution in [0.4, 0.5) is 4.39 Å². The van der Waals surface area contributed by atoms with Gasteiger partial charge in [-0.05, 0) is 36.8 Å². The van der Waals surface area contributed by atoms with Crippen molar-refractivity contribution in [3.05, 3.63) is 35.6 Å². The molecule has 0 bridgehead atoms. The first-order chi connectivity index (χ1) is 8.77. The molecule has 1 aliphatic heterocycles. The summed E-state index contributed by atoms with van der Waals surface area (Å²) in [6.07, 6.45) is 3.91. The van der Waals surface area contributed by atoms with Crippen LogP contribution in [0.15, 0.2) is 24.3 Å². The summed E-state index contributed by atoms with van der Waals surface area (Å²) in [4.78, 5) is 0. The van der Waals surface area contributed by atoms with Crippen LogP contribution in [0.5, 0.6) is 0 Å². The average Bonchev–Trinajstić information content (AvgIpc) is 2.40. The van der Waals surface area contributed by atoms with Gasteiger partial charge in [0.05, 0.1) is 0 Å². The SMILES string of the molecule is CSCCNC1(c2cccc(F)c2)CCOCC1. The fourth-order valence-corrected chi connectivity index (χ4v) is 2.77. The Labute approximate surface area is 112 Å². The van der Waals surface area contributed by atoms with Crippen LogP contribution in [0.3, 0.4) is 0 Å². The number of benzene rings is 1. The number of nitrogens with one attached hydrogen (secondary N) is 1. The van der Waals surface area contributed by atoms with E-state index >= 15 is 0 Å². The maximum atomic E-state index is 13.4. The van der Waals surface area contributed by atoms with Crippen molar-refractivity contribution in [2.45, 2.75) is 18.4 Å². The maximum Gasteiger partial charge on any atom is 0.123 e. The van der Waals surface area contributed by atoms with Crippen molar-refractivity contribution in [3.63, 3.8) is 0 Å². The van der Waals surface area contributed by atoms with Crippen molar-refractivity contribution in [1.29, 1.82) is 0 Å². The Morgan fingerprint density at radius 3 is 2.83 bits per heavy atom. The average molecular weight is 269 g/mol. The molecule has 1 fully saturated rings. The molecule has 0 spiro atoms. The van der Waals surface area contributed by atoms with Gasteiger partial charge < -0.3 is 10.1 Å². The van der Waals surface area contributed by atoms with Crippen LogP contribution in [0.2, 0.25) is 0 Å². The lowest BCUT2D eigenvalue weighted by atomic mass is 9.82. The van der Waals surface area contributed by atoms with E-state index in [4.69, 9.17) is 4.74 Å². The molecule has 100 valence electrons. The molecule has 0 amide bonds. The molecular formula is C14H20FNOS. The predicted molar refractivity (Wildman–Crippen MR) is 74.5 cm³/mol. The minimum absolute atomic E-state index is 0.115. The summed E-state index contributed by atoms with van der Waals surface area (Å²) in [5, 5.41) is 3.61. The molecule has 2 rings (SSSR count). The van der Waals surface area contributed by atoms with Gasteiger partial charge >= 0.3 is 0 Å². The summed E-state index contributed by atoms with van der Waals surface area (Å²) in [6, 6.07) is 6.95. The van der Waals surface area contributed by atoms with E-state index in [0.717, 1.165) is 43.9 Å². The third-order valence-electron chi connectivity index (χ3n) is 3.49. The highest BCUT2D eigenvalue weighted by molar-refractivity contribution is 7.98. The molecule has 4 heteroatoms. The molecule has 1 heterocycles. The van der Waals surface area contributed by atoms with Crippen molar-refractivity contribution < 1.29 is 9.13 Å². The molecule has 18 heavy (non-hydrogen) atoms. The predicted octanol–water partition coefficient (Wildman–Crippen LogP) is 2.78. The summed E-state index contributed by atoms with van der Waals surface area (Å²) in [6.45, 7) is 2.42. The molecule has 0 atom stereocenters. The van der Waals surface area contributed by atoms with Crippen LogP contribution in [0, 0.1) is 5.82 Å². The van der Waals surface area contributed by atoms with Crippen molar-refractivity contribution in [1.82, 2.24) is 5.32 Å². The molecule has 0 radical (unpaired) electrons. The highest BCUT2D eigenvalue weighted by Crippen LogP contribution is 2.32. The van der Waals surface area contributed by atoms with Gasteiger partial charge in [0.15, 0.2) is 0 Å². The first-order valence-corrected chi connectivity index (χ1v) is 7.74. The minimum atomic E-state index is -0.162. The Morgan fingerprint density at radius 2 is 2.17 bits per heavy atom. The molecule has 0 aromatic heterocycles. The Bertz CT molecular complexity index is 380. The van der Waals surface area contributed by atoms with Gasteiger partial charge in [-0.15, -0.1) is 0 Å². The molecule has 0 aliphatic carbocycles. The van der Waals surface area contributed by atoms with E-state index in [2.05, 4.69) is 11.6 Å². The quantitative estimate of drug-likeness (QED) is 0.831. The Balaban J connectivity index is 2.17. The molecule has 2 nitrogen and oxygen atoms in total. The summed E-state index contributed by atoms with van der Waals surface area (Å²) in [7, 11) is 0. The van der Waals surface area contributed by atoms with Gasteiger partial charge in [-0.2, -0.15) is 11.8 Å². The van der Waals surface area contributed by atoms with E-state index in [1.165, 1.54) is 6.07 Å². The molecule has 1 aromatic rings. The largest absolute Gasteiger partial charge is 0.381 e. The van der Waals surface area contributed by atoms with E-state index in [1.807, 2.05) is 17.8 Å². The molecule has 1 aliphatic rings. The van der Waals surface area contributed by atoms with Gasteiger partial charge in [0.25, 0.3) is 0 Å². The van der Waals surface area contributed by atoms with Crippen molar-refractivity contribution >= 4 is 11.8 Å². The zero-order valence-electron chi connectivity index (χ0n) is 10.7. The Hall–Kier alpha value is -0.580. The van der Waals surface area contributed by atoms with Gasteiger partial charge in [-0.1, -0.05) is 12.1 Å². The van der Waals surface area contributed by atoms with Crippen LogP contribution in [-0.4, -0.2) is 31.8 Å². The fourth-order valence-electron chi connectivity index (χ4n) is 2.47. The number of rotatable bonds is 5. The van der Waals surface area contributed by atoms with Crippen LogP contribution in [0.25, 0.3) is 0 Å². The topological polar surface area (TPSA) is 21.3 Å². The fraction of sp³-hybridized carbons (Fsp3) is 0.571. The smallest absolute Gasteiger partial charge is 0.123 e. The third-order valence-corrected chi connectivity index (χ3v) is 4.11. The lowest BCUT2D eigenvalue weighted by Gasteiger charge is -2.39. The van der Waals surface area contributed by atoms with Crippen LogP contribution >= 0.6 is 11.8 Å². The highest BCUT2D eigenvalue weighted by Gasteiger charge is 2.33. The zero-order chi connectivity index (χ0) is 12.8. The number of thioether (sulfide) groups is 1. The molecule has 1 saturated heterocycles. The van der Waals surface area contributed by atoms with Gasteiger partial charge in [0.2, 0.25) is 0 Å². The molecule has 1 aromatic carbocycles. The van der Waals surface area contributed by atoms with Gasteiger partial charge in [0.1, 0.15) is 5.82 Å². The van der Waals surface area contributed by atoms with E-state index in [1.54, 1.807) is 12.1 Å². The third kappa shape index (κ3) is 3.25. The minimum Gasteiger partial charge on any atom is -0.381 e. The molecule has 0 unspecified atom stereocenters. The lowest BCUT2D eigenvalue weighted by molar-refractivity contribution is 0.0374. The number of halogens is 1. The molecule has 0 saturated carbocycles. The number of hydrogen-bond donors (Lipinski definition) is 1. The van der Waals surface area contributed by atoms with E-state index < -0.39 is 0 Å². The first-order valence-electron chi connectivity index (χ1n) is 6.35. The van der Waals surface area contributed by atoms with E-state index in [9.17, 15) is 4.39 Å². The van der Waals surface area contributed by atoms with Gasteiger partial charge in [-0.25, -0.2) is 4.39 Å². The summed E-state index contributed by atoms with van der Waals surface area (Å²) >= 11 is 1.82.